The predicted molar refractivity (Wildman–Crippen MR) is 69.2 cm³/mol. The first kappa shape index (κ1) is 12.6. The van der Waals surface area contributed by atoms with E-state index in [9.17, 15) is 9.18 Å². The Morgan fingerprint density at radius 3 is 2.72 bits per heavy atom. The molecule has 0 bridgehead atoms. The smallest absolute Gasteiger partial charge is 0.308 e. The molecule has 0 amide bonds. The van der Waals surface area contributed by atoms with Gasteiger partial charge >= 0.3 is 5.97 Å². The van der Waals surface area contributed by atoms with Crippen molar-refractivity contribution in [2.45, 2.75) is 26.7 Å². The van der Waals surface area contributed by atoms with Crippen molar-refractivity contribution in [3.63, 3.8) is 0 Å². The Bertz CT molecular complexity index is 590. The lowest BCUT2D eigenvalue weighted by Crippen LogP contribution is -2.03. The van der Waals surface area contributed by atoms with Gasteiger partial charge in [0.1, 0.15) is 0 Å². The second-order valence-corrected chi connectivity index (χ2v) is 4.28. The molecule has 3 heteroatoms. The summed E-state index contributed by atoms with van der Waals surface area (Å²) >= 11 is 0. The van der Waals surface area contributed by atoms with Gasteiger partial charge < -0.3 is 4.74 Å². The second kappa shape index (κ2) is 5.17. The van der Waals surface area contributed by atoms with Gasteiger partial charge in [0, 0.05) is 12.3 Å². The number of carbonyl (C=O) groups is 1. The zero-order valence-electron chi connectivity index (χ0n) is 10.5. The number of carbonyl (C=O) groups excluding carboxylic acids is 1. The number of rotatable bonds is 3. The quantitative estimate of drug-likeness (QED) is 0.607. The van der Waals surface area contributed by atoms with E-state index >= 15 is 0 Å². The molecule has 0 aliphatic carbocycles. The van der Waals surface area contributed by atoms with Crippen LogP contribution in [0.2, 0.25) is 0 Å². The number of aryl methyl sites for hydroxylation is 1. The van der Waals surface area contributed by atoms with Gasteiger partial charge in [-0.3, -0.25) is 4.79 Å². The zero-order valence-corrected chi connectivity index (χ0v) is 10.5. The molecule has 94 valence electrons. The molecule has 0 saturated carbocycles. The molecule has 0 aliphatic rings. The van der Waals surface area contributed by atoms with Crippen molar-refractivity contribution in [2.24, 2.45) is 0 Å². The van der Waals surface area contributed by atoms with Gasteiger partial charge in [-0.2, -0.15) is 0 Å². The normalized spacial score (nSPS) is 10.6. The maximum Gasteiger partial charge on any atom is 0.308 e. The van der Waals surface area contributed by atoms with E-state index in [2.05, 4.69) is 6.92 Å². The van der Waals surface area contributed by atoms with Crippen molar-refractivity contribution in [1.82, 2.24) is 0 Å². The van der Waals surface area contributed by atoms with E-state index in [1.807, 2.05) is 12.1 Å². The molecule has 0 fully saturated rings. The molecule has 0 heterocycles. The maximum atomic E-state index is 14.1. The second-order valence-electron chi connectivity index (χ2n) is 4.28. The van der Waals surface area contributed by atoms with E-state index < -0.39 is 11.8 Å². The van der Waals surface area contributed by atoms with Crippen LogP contribution < -0.4 is 4.74 Å². The molecule has 0 saturated heterocycles. The third-order valence-electron chi connectivity index (χ3n) is 2.78. The molecular weight excluding hydrogens is 231 g/mol. The minimum Gasteiger partial charge on any atom is -0.424 e. The van der Waals surface area contributed by atoms with Crippen LogP contribution >= 0.6 is 0 Å². The van der Waals surface area contributed by atoms with E-state index in [-0.39, 0.29) is 5.75 Å². The molecule has 2 nitrogen and oxygen atoms in total. The first-order valence-corrected chi connectivity index (χ1v) is 6.01. The molecule has 18 heavy (non-hydrogen) atoms. The van der Waals surface area contributed by atoms with Crippen LogP contribution in [0, 0.1) is 5.82 Å². The summed E-state index contributed by atoms with van der Waals surface area (Å²) in [6.07, 6.45) is 2.03. The van der Waals surface area contributed by atoms with Gasteiger partial charge in [0.2, 0.25) is 0 Å². The molecule has 0 atom stereocenters. The summed E-state index contributed by atoms with van der Waals surface area (Å²) in [6, 6.07) is 8.89. The van der Waals surface area contributed by atoms with Gasteiger partial charge in [-0.25, -0.2) is 4.39 Å². The number of halogens is 1. The van der Waals surface area contributed by atoms with Gasteiger partial charge in [0.25, 0.3) is 0 Å². The molecule has 0 spiro atoms. The van der Waals surface area contributed by atoms with Crippen LogP contribution in [-0.2, 0) is 11.2 Å². The van der Waals surface area contributed by atoms with E-state index in [1.54, 1.807) is 12.1 Å². The number of hydrogen-bond donors (Lipinski definition) is 0. The highest BCUT2D eigenvalue weighted by atomic mass is 19.1. The molecule has 0 N–H and O–H groups in total. The topological polar surface area (TPSA) is 26.3 Å². The molecular formula is C15H15FO2. The average Bonchev–Trinajstić information content (AvgIpc) is 2.33. The van der Waals surface area contributed by atoms with Gasteiger partial charge in [0.05, 0.1) is 0 Å². The van der Waals surface area contributed by atoms with Crippen LogP contribution in [0.1, 0.15) is 25.8 Å². The summed E-state index contributed by atoms with van der Waals surface area (Å²) in [4.78, 5) is 10.9. The van der Waals surface area contributed by atoms with Crippen molar-refractivity contribution in [2.75, 3.05) is 0 Å². The number of benzene rings is 2. The van der Waals surface area contributed by atoms with Crippen LogP contribution in [0.4, 0.5) is 4.39 Å². The van der Waals surface area contributed by atoms with Crippen molar-refractivity contribution >= 4 is 16.7 Å². The summed E-state index contributed by atoms with van der Waals surface area (Å²) in [5, 5.41) is 1.31. The fourth-order valence-electron chi connectivity index (χ4n) is 2.00. The number of esters is 1. The third kappa shape index (κ3) is 2.50. The number of fused-ring (bicyclic) bond motifs is 1. The maximum absolute atomic E-state index is 14.1. The van der Waals surface area contributed by atoms with Gasteiger partial charge in [0.15, 0.2) is 11.6 Å². The highest BCUT2D eigenvalue weighted by molar-refractivity contribution is 5.86. The Hall–Kier alpha value is -1.90. The fraction of sp³-hybridized carbons (Fsp3) is 0.267. The monoisotopic (exact) mass is 246 g/mol. The van der Waals surface area contributed by atoms with E-state index in [0.717, 1.165) is 18.2 Å². The van der Waals surface area contributed by atoms with Gasteiger partial charge in [-0.1, -0.05) is 37.6 Å². The van der Waals surface area contributed by atoms with E-state index in [0.29, 0.717) is 5.39 Å². The summed E-state index contributed by atoms with van der Waals surface area (Å²) in [6.45, 7) is 3.36. The SMILES string of the molecule is CCCc1ccc2c(F)c(OC(C)=O)ccc2c1. The Kier molecular flexibility index (Phi) is 3.60. The minimum absolute atomic E-state index is 0.0155. The Morgan fingerprint density at radius 2 is 2.06 bits per heavy atom. The molecule has 0 aliphatic heterocycles. The predicted octanol–water partition coefficient (Wildman–Crippen LogP) is 3.86. The minimum atomic E-state index is -0.518. The molecule has 0 radical (unpaired) electrons. The van der Waals surface area contributed by atoms with E-state index in [1.165, 1.54) is 18.6 Å². The largest absolute Gasteiger partial charge is 0.424 e. The van der Waals surface area contributed by atoms with Crippen LogP contribution in [0.15, 0.2) is 30.3 Å². The zero-order chi connectivity index (χ0) is 13.1. The van der Waals surface area contributed by atoms with E-state index in [4.69, 9.17) is 4.74 Å². The van der Waals surface area contributed by atoms with Gasteiger partial charge in [-0.15, -0.1) is 0 Å². The lowest BCUT2D eigenvalue weighted by Gasteiger charge is -2.07. The summed E-state index contributed by atoms with van der Waals surface area (Å²) in [7, 11) is 0. The first-order chi connectivity index (χ1) is 8.61. The summed E-state index contributed by atoms with van der Waals surface area (Å²) < 4.78 is 18.9. The van der Waals surface area contributed by atoms with Crippen molar-refractivity contribution in [3.05, 3.63) is 41.7 Å². The highest BCUT2D eigenvalue weighted by Gasteiger charge is 2.10. The van der Waals surface area contributed by atoms with Crippen molar-refractivity contribution in [1.29, 1.82) is 0 Å². The Labute approximate surface area is 105 Å². The average molecular weight is 246 g/mol. The molecule has 0 unspecified atom stereocenters. The molecule has 2 aromatic carbocycles. The van der Waals surface area contributed by atoms with Crippen LogP contribution in [-0.4, -0.2) is 5.97 Å². The van der Waals surface area contributed by atoms with Crippen LogP contribution in [0.3, 0.4) is 0 Å². The first-order valence-electron chi connectivity index (χ1n) is 6.01. The Balaban J connectivity index is 2.48. The molecule has 2 aromatic rings. The molecule has 0 aromatic heterocycles. The highest BCUT2D eigenvalue weighted by Crippen LogP contribution is 2.27. The lowest BCUT2D eigenvalue weighted by atomic mass is 10.0. The number of ether oxygens (including phenoxy) is 1. The van der Waals surface area contributed by atoms with Gasteiger partial charge in [-0.05, 0) is 23.4 Å². The van der Waals surface area contributed by atoms with Crippen molar-refractivity contribution in [3.8, 4) is 5.75 Å². The molecule has 2 rings (SSSR count). The fourth-order valence-corrected chi connectivity index (χ4v) is 2.00. The lowest BCUT2D eigenvalue weighted by molar-refractivity contribution is -0.132. The summed E-state index contributed by atoms with van der Waals surface area (Å²) in [5.74, 6) is -1.01. The Morgan fingerprint density at radius 1 is 1.28 bits per heavy atom. The van der Waals surface area contributed by atoms with Crippen LogP contribution in [0.5, 0.6) is 5.75 Å². The van der Waals surface area contributed by atoms with Crippen molar-refractivity contribution < 1.29 is 13.9 Å². The van der Waals surface area contributed by atoms with Crippen LogP contribution in [0.25, 0.3) is 10.8 Å². The number of hydrogen-bond acceptors (Lipinski definition) is 2. The third-order valence-corrected chi connectivity index (χ3v) is 2.78. The summed E-state index contributed by atoms with van der Waals surface area (Å²) in [5.41, 5.74) is 1.18. The standard InChI is InChI=1S/C15H15FO2/c1-3-4-11-5-7-13-12(9-11)6-8-14(15(13)16)18-10(2)17/h5-9H,3-4H2,1-2H3.